The number of halogens is 1. The summed E-state index contributed by atoms with van der Waals surface area (Å²) in [6.45, 7) is 2.04. The Hall–Kier alpha value is -2.40. The Balaban J connectivity index is 1.39. The Morgan fingerprint density at radius 3 is 2.57 bits per heavy atom. The van der Waals surface area contributed by atoms with Crippen molar-refractivity contribution in [3.8, 4) is 0 Å². The molecule has 0 unspecified atom stereocenters. The van der Waals surface area contributed by atoms with Gasteiger partial charge in [0, 0.05) is 29.9 Å². The average molecular weight is 397 g/mol. The van der Waals surface area contributed by atoms with E-state index in [4.69, 9.17) is 11.6 Å². The number of amides is 1. The summed E-state index contributed by atoms with van der Waals surface area (Å²) in [6.07, 6.45) is 7.98. The number of carbonyl (C=O) groups excluding carboxylic acids is 1. The number of nitrogens with zero attached hydrogens (tertiary/aromatic N) is 3. The summed E-state index contributed by atoms with van der Waals surface area (Å²) in [4.78, 5) is 21.7. The molecular weight excluding hydrogens is 372 g/mol. The number of fused-ring (bicyclic) bond motifs is 1. The summed E-state index contributed by atoms with van der Waals surface area (Å²) < 4.78 is 1.97. The molecule has 0 bridgehead atoms. The Kier molecular flexibility index (Phi) is 5.36. The fourth-order valence-corrected chi connectivity index (χ4v) is 4.44. The van der Waals surface area contributed by atoms with Crippen molar-refractivity contribution in [1.29, 1.82) is 0 Å². The van der Waals surface area contributed by atoms with Crippen LogP contribution < -0.4 is 5.32 Å². The van der Waals surface area contributed by atoms with Gasteiger partial charge in [-0.15, -0.1) is 0 Å². The molecule has 0 radical (unpaired) electrons. The molecule has 1 atom stereocenters. The van der Waals surface area contributed by atoms with E-state index in [-0.39, 0.29) is 11.8 Å². The average Bonchev–Trinajstić information content (AvgIpc) is 3.10. The SMILES string of the molecule is C[C@H](C(=O)Nc1ccc(Cl)cc1)[C@H]1CC[C@@H](c2ccnc3c2ncn3C)CC1. The largest absolute Gasteiger partial charge is 0.326 e. The molecule has 1 amide bonds. The van der Waals surface area contributed by atoms with Gasteiger partial charge in [-0.3, -0.25) is 4.79 Å². The van der Waals surface area contributed by atoms with Crippen LogP contribution in [0.25, 0.3) is 11.2 Å². The summed E-state index contributed by atoms with van der Waals surface area (Å²) in [7, 11) is 1.98. The predicted octanol–water partition coefficient (Wildman–Crippen LogP) is 5.17. The van der Waals surface area contributed by atoms with Crippen LogP contribution in [0.3, 0.4) is 0 Å². The van der Waals surface area contributed by atoms with Gasteiger partial charge >= 0.3 is 0 Å². The van der Waals surface area contributed by atoms with Gasteiger partial charge < -0.3 is 9.88 Å². The van der Waals surface area contributed by atoms with Crippen molar-refractivity contribution >= 4 is 34.4 Å². The molecule has 2 heterocycles. The number of carbonyl (C=O) groups is 1. The normalized spacial score (nSPS) is 20.8. The van der Waals surface area contributed by atoms with Gasteiger partial charge in [-0.2, -0.15) is 0 Å². The molecule has 1 saturated carbocycles. The Labute approximate surface area is 170 Å². The third kappa shape index (κ3) is 3.76. The molecule has 4 rings (SSSR count). The van der Waals surface area contributed by atoms with Crippen LogP contribution in [0.15, 0.2) is 42.9 Å². The molecule has 5 nitrogen and oxygen atoms in total. The number of imidazole rings is 1. The minimum Gasteiger partial charge on any atom is -0.326 e. The molecule has 1 aliphatic rings. The van der Waals surface area contributed by atoms with Gasteiger partial charge in [-0.05, 0) is 73.4 Å². The summed E-state index contributed by atoms with van der Waals surface area (Å²) in [5, 5.41) is 3.69. The number of nitrogens with one attached hydrogen (secondary N) is 1. The van der Waals surface area contributed by atoms with Crippen molar-refractivity contribution in [1.82, 2.24) is 14.5 Å². The van der Waals surface area contributed by atoms with Crippen LogP contribution >= 0.6 is 11.6 Å². The van der Waals surface area contributed by atoms with Crippen molar-refractivity contribution in [2.45, 2.75) is 38.5 Å². The molecule has 0 saturated heterocycles. The first-order valence-corrected chi connectivity index (χ1v) is 10.2. The molecule has 146 valence electrons. The lowest BCUT2D eigenvalue weighted by molar-refractivity contribution is -0.121. The fraction of sp³-hybridized carbons (Fsp3) is 0.409. The molecule has 1 aromatic carbocycles. The number of hydrogen-bond donors (Lipinski definition) is 1. The lowest BCUT2D eigenvalue weighted by Gasteiger charge is -2.32. The second kappa shape index (κ2) is 7.92. The van der Waals surface area contributed by atoms with Crippen molar-refractivity contribution < 1.29 is 4.79 Å². The first-order chi connectivity index (χ1) is 13.5. The van der Waals surface area contributed by atoms with E-state index >= 15 is 0 Å². The van der Waals surface area contributed by atoms with Crippen LogP contribution in [0, 0.1) is 11.8 Å². The standard InChI is InChI=1S/C22H25ClN4O/c1-14(22(28)26-18-9-7-17(23)8-10-18)15-3-5-16(6-4-15)19-11-12-24-21-20(19)25-13-27(21)2/h7-16H,3-6H2,1-2H3,(H,26,28)/t14-,15-,16+/m0/s1. The zero-order valence-corrected chi connectivity index (χ0v) is 17.0. The minimum absolute atomic E-state index is 0.0102. The topological polar surface area (TPSA) is 59.8 Å². The highest BCUT2D eigenvalue weighted by atomic mass is 35.5. The predicted molar refractivity (Wildman–Crippen MR) is 112 cm³/mol. The van der Waals surface area contributed by atoms with Crippen molar-refractivity contribution in [3.63, 3.8) is 0 Å². The molecule has 6 heteroatoms. The van der Waals surface area contributed by atoms with E-state index in [1.807, 2.05) is 43.2 Å². The Morgan fingerprint density at radius 2 is 1.86 bits per heavy atom. The van der Waals surface area contributed by atoms with E-state index in [0.29, 0.717) is 16.9 Å². The lowest BCUT2D eigenvalue weighted by Crippen LogP contribution is -2.29. The third-order valence-corrected chi connectivity index (χ3v) is 6.33. The zero-order chi connectivity index (χ0) is 19.7. The second-order valence-electron chi connectivity index (χ2n) is 7.82. The number of aromatic nitrogens is 3. The van der Waals surface area contributed by atoms with Crippen LogP contribution in [0.4, 0.5) is 5.69 Å². The van der Waals surface area contributed by atoms with Gasteiger partial charge in [0.15, 0.2) is 5.65 Å². The maximum atomic E-state index is 12.7. The van der Waals surface area contributed by atoms with Crippen LogP contribution in [0.2, 0.25) is 5.02 Å². The number of anilines is 1. The van der Waals surface area contributed by atoms with Gasteiger partial charge in [-0.25, -0.2) is 9.97 Å². The monoisotopic (exact) mass is 396 g/mol. The molecule has 1 aliphatic carbocycles. The van der Waals surface area contributed by atoms with Crippen molar-refractivity contribution in [2.24, 2.45) is 18.9 Å². The number of pyridine rings is 1. The van der Waals surface area contributed by atoms with E-state index in [1.165, 1.54) is 5.56 Å². The maximum absolute atomic E-state index is 12.7. The number of hydrogen-bond acceptors (Lipinski definition) is 3. The summed E-state index contributed by atoms with van der Waals surface area (Å²) in [6, 6.07) is 9.37. The highest BCUT2D eigenvalue weighted by molar-refractivity contribution is 6.30. The molecular formula is C22H25ClN4O. The summed E-state index contributed by atoms with van der Waals surface area (Å²) >= 11 is 5.91. The Bertz CT molecular complexity index is 974. The van der Waals surface area contributed by atoms with Gasteiger partial charge in [0.05, 0.1) is 6.33 Å². The lowest BCUT2D eigenvalue weighted by atomic mass is 9.74. The second-order valence-corrected chi connectivity index (χ2v) is 8.26. The van der Waals surface area contributed by atoms with Gasteiger partial charge in [0.1, 0.15) is 5.52 Å². The van der Waals surface area contributed by atoms with Gasteiger partial charge in [-0.1, -0.05) is 18.5 Å². The minimum atomic E-state index is -0.0102. The van der Waals surface area contributed by atoms with Crippen molar-refractivity contribution in [2.75, 3.05) is 5.32 Å². The highest BCUT2D eigenvalue weighted by Gasteiger charge is 2.30. The first kappa shape index (κ1) is 18.9. The highest BCUT2D eigenvalue weighted by Crippen LogP contribution is 2.40. The summed E-state index contributed by atoms with van der Waals surface area (Å²) in [5.74, 6) is 0.971. The zero-order valence-electron chi connectivity index (χ0n) is 16.2. The summed E-state index contributed by atoms with van der Waals surface area (Å²) in [5.41, 5.74) is 4.05. The van der Waals surface area contributed by atoms with Gasteiger partial charge in [0.2, 0.25) is 5.91 Å². The molecule has 1 fully saturated rings. The van der Waals surface area contributed by atoms with Crippen LogP contribution in [-0.2, 0) is 11.8 Å². The van der Waals surface area contributed by atoms with E-state index in [0.717, 1.165) is 42.5 Å². The van der Waals surface area contributed by atoms with E-state index in [2.05, 4.69) is 21.4 Å². The number of benzene rings is 1. The van der Waals surface area contributed by atoms with E-state index in [1.54, 1.807) is 12.1 Å². The van der Waals surface area contributed by atoms with Gasteiger partial charge in [0.25, 0.3) is 0 Å². The fourth-order valence-electron chi connectivity index (χ4n) is 4.31. The molecule has 0 aliphatic heterocycles. The van der Waals surface area contributed by atoms with Crippen LogP contribution in [0.1, 0.15) is 44.1 Å². The van der Waals surface area contributed by atoms with E-state index < -0.39 is 0 Å². The number of aryl methyl sites for hydroxylation is 1. The molecule has 28 heavy (non-hydrogen) atoms. The number of rotatable bonds is 4. The Morgan fingerprint density at radius 1 is 1.14 bits per heavy atom. The van der Waals surface area contributed by atoms with Crippen LogP contribution in [0.5, 0.6) is 0 Å². The quantitative estimate of drug-likeness (QED) is 0.661. The van der Waals surface area contributed by atoms with E-state index in [9.17, 15) is 4.79 Å². The smallest absolute Gasteiger partial charge is 0.227 e. The van der Waals surface area contributed by atoms with Crippen LogP contribution in [-0.4, -0.2) is 20.4 Å². The molecule has 0 spiro atoms. The maximum Gasteiger partial charge on any atom is 0.227 e. The molecule has 1 N–H and O–H groups in total. The third-order valence-electron chi connectivity index (χ3n) is 6.07. The molecule has 3 aromatic rings. The first-order valence-electron chi connectivity index (χ1n) is 9.85. The molecule has 2 aromatic heterocycles. The van der Waals surface area contributed by atoms with Crippen molar-refractivity contribution in [3.05, 3.63) is 53.4 Å².